The van der Waals surface area contributed by atoms with Crippen LogP contribution < -0.4 is 10.5 Å². The van der Waals surface area contributed by atoms with Gasteiger partial charge >= 0.3 is 5.97 Å². The molecule has 1 N–H and O–H groups in total. The van der Waals surface area contributed by atoms with Gasteiger partial charge in [-0.1, -0.05) is 20.8 Å². The standard InChI is InChI=1S/C25H30N4O4S/c1-16(24(31)32)13-18-22(28-9-11-33-12-10-28)27-20-14-17(7-8-29(20)23(18)30)5-6-21-26-19(15-34-21)25(2,3)4/h7-8,13-15H,5-6,9-12H2,1-4H3,(H,31,32). The molecule has 0 bridgehead atoms. The van der Waals surface area contributed by atoms with E-state index < -0.39 is 5.97 Å². The molecule has 4 rings (SSSR count). The molecule has 0 aliphatic carbocycles. The molecule has 3 aromatic rings. The summed E-state index contributed by atoms with van der Waals surface area (Å²) in [6.45, 7) is 10.2. The first-order valence-electron chi connectivity index (χ1n) is 11.4. The molecular weight excluding hydrogens is 452 g/mol. The van der Waals surface area contributed by atoms with E-state index in [9.17, 15) is 14.7 Å². The summed E-state index contributed by atoms with van der Waals surface area (Å²) in [5.74, 6) is -0.564. The van der Waals surface area contributed by atoms with Crippen LogP contribution in [-0.4, -0.2) is 51.7 Å². The molecule has 34 heavy (non-hydrogen) atoms. The number of carbonyl (C=O) groups is 1. The van der Waals surface area contributed by atoms with Gasteiger partial charge in [-0.25, -0.2) is 14.8 Å². The minimum Gasteiger partial charge on any atom is -0.478 e. The molecule has 0 spiro atoms. The summed E-state index contributed by atoms with van der Waals surface area (Å²) in [7, 11) is 0. The van der Waals surface area contributed by atoms with Crippen molar-refractivity contribution in [1.29, 1.82) is 0 Å². The minimum atomic E-state index is -1.07. The maximum absolute atomic E-state index is 13.4. The second kappa shape index (κ2) is 9.68. The van der Waals surface area contributed by atoms with E-state index in [2.05, 4.69) is 26.2 Å². The predicted molar refractivity (Wildman–Crippen MR) is 134 cm³/mol. The Bertz CT molecular complexity index is 1300. The zero-order valence-corrected chi connectivity index (χ0v) is 20.8. The molecule has 0 saturated carbocycles. The Kier molecular flexibility index (Phi) is 6.86. The van der Waals surface area contributed by atoms with Gasteiger partial charge in [0.1, 0.15) is 11.5 Å². The van der Waals surface area contributed by atoms with Gasteiger partial charge in [0, 0.05) is 42.1 Å². The highest BCUT2D eigenvalue weighted by atomic mass is 32.1. The first-order valence-corrected chi connectivity index (χ1v) is 12.3. The van der Waals surface area contributed by atoms with Crippen LogP contribution >= 0.6 is 11.3 Å². The third-order valence-electron chi connectivity index (χ3n) is 5.87. The quantitative estimate of drug-likeness (QED) is 0.537. The fourth-order valence-electron chi connectivity index (χ4n) is 3.78. The molecule has 9 heteroatoms. The number of pyridine rings is 1. The lowest BCUT2D eigenvalue weighted by Gasteiger charge is -2.29. The Hall–Kier alpha value is -3.04. The van der Waals surface area contributed by atoms with Crippen LogP contribution in [0.25, 0.3) is 11.7 Å². The molecule has 0 atom stereocenters. The third-order valence-corrected chi connectivity index (χ3v) is 6.77. The maximum atomic E-state index is 13.4. The highest BCUT2D eigenvalue weighted by Crippen LogP contribution is 2.25. The van der Waals surface area contributed by atoms with E-state index in [1.54, 1.807) is 17.5 Å². The Labute approximate surface area is 202 Å². The van der Waals surface area contributed by atoms with Crippen molar-refractivity contribution in [2.24, 2.45) is 0 Å². The first kappa shape index (κ1) is 24.1. The molecule has 1 aliphatic heterocycles. The summed E-state index contributed by atoms with van der Waals surface area (Å²) < 4.78 is 6.93. The van der Waals surface area contributed by atoms with E-state index in [1.807, 2.05) is 17.0 Å². The number of aryl methyl sites for hydroxylation is 2. The van der Waals surface area contributed by atoms with Gasteiger partial charge in [0.2, 0.25) is 0 Å². The van der Waals surface area contributed by atoms with Crippen molar-refractivity contribution in [3.8, 4) is 0 Å². The zero-order valence-electron chi connectivity index (χ0n) is 20.0. The number of nitrogens with zero attached hydrogens (tertiary/aromatic N) is 4. The van der Waals surface area contributed by atoms with Gasteiger partial charge in [0.05, 0.1) is 29.5 Å². The molecular formula is C25H30N4O4S. The molecule has 8 nitrogen and oxygen atoms in total. The monoisotopic (exact) mass is 482 g/mol. The molecule has 1 aliphatic rings. The summed E-state index contributed by atoms with van der Waals surface area (Å²) in [6, 6.07) is 3.85. The average molecular weight is 483 g/mol. The average Bonchev–Trinajstić information content (AvgIpc) is 3.29. The predicted octanol–water partition coefficient (Wildman–Crippen LogP) is 3.56. The number of thiazole rings is 1. The van der Waals surface area contributed by atoms with Crippen LogP contribution in [0.3, 0.4) is 0 Å². The SMILES string of the molecule is CC(=Cc1c(N2CCOCC2)nc2cc(CCc3nc(C(C)(C)C)cs3)ccn2c1=O)C(=O)O. The maximum Gasteiger partial charge on any atom is 0.331 e. The normalized spacial score (nSPS) is 15.2. The summed E-state index contributed by atoms with van der Waals surface area (Å²) >= 11 is 1.68. The van der Waals surface area contributed by atoms with Crippen molar-refractivity contribution >= 4 is 34.8 Å². The van der Waals surface area contributed by atoms with Crippen molar-refractivity contribution in [2.45, 2.75) is 46.0 Å². The van der Waals surface area contributed by atoms with Gasteiger partial charge in [-0.15, -0.1) is 11.3 Å². The van der Waals surface area contributed by atoms with Gasteiger partial charge in [-0.05, 0) is 37.1 Å². The highest BCUT2D eigenvalue weighted by molar-refractivity contribution is 7.09. The van der Waals surface area contributed by atoms with Gasteiger partial charge in [-0.3, -0.25) is 9.20 Å². The Morgan fingerprint density at radius 2 is 1.97 bits per heavy atom. The molecule has 0 radical (unpaired) electrons. The van der Waals surface area contributed by atoms with E-state index in [-0.39, 0.29) is 22.1 Å². The van der Waals surface area contributed by atoms with E-state index >= 15 is 0 Å². The van der Waals surface area contributed by atoms with E-state index in [0.717, 1.165) is 29.1 Å². The number of anilines is 1. The number of carboxylic acid groups (broad SMARTS) is 1. The third kappa shape index (κ3) is 5.20. The lowest BCUT2D eigenvalue weighted by atomic mass is 9.93. The fraction of sp³-hybridized carbons (Fsp3) is 0.440. The van der Waals surface area contributed by atoms with Crippen LogP contribution in [0.2, 0.25) is 0 Å². The fourth-order valence-corrected chi connectivity index (χ4v) is 4.80. The van der Waals surface area contributed by atoms with Crippen molar-refractivity contribution < 1.29 is 14.6 Å². The second-order valence-corrected chi connectivity index (χ2v) is 10.5. The Morgan fingerprint density at radius 1 is 1.24 bits per heavy atom. The highest BCUT2D eigenvalue weighted by Gasteiger charge is 2.21. The molecule has 0 unspecified atom stereocenters. The molecule has 0 amide bonds. The van der Waals surface area contributed by atoms with E-state index in [4.69, 9.17) is 14.7 Å². The Morgan fingerprint density at radius 3 is 2.62 bits per heavy atom. The lowest BCUT2D eigenvalue weighted by Crippen LogP contribution is -2.38. The lowest BCUT2D eigenvalue weighted by molar-refractivity contribution is -0.132. The number of rotatable bonds is 6. The topological polar surface area (TPSA) is 97.0 Å². The van der Waals surface area contributed by atoms with Crippen LogP contribution in [0, 0.1) is 0 Å². The molecule has 4 heterocycles. The number of morpholine rings is 1. The summed E-state index contributed by atoms with van der Waals surface area (Å²) in [5.41, 5.74) is 2.83. The van der Waals surface area contributed by atoms with E-state index in [1.165, 1.54) is 17.4 Å². The Balaban J connectivity index is 1.69. The summed E-state index contributed by atoms with van der Waals surface area (Å²) in [4.78, 5) is 36.3. The smallest absolute Gasteiger partial charge is 0.331 e. The number of hydrogen-bond donors (Lipinski definition) is 1. The van der Waals surface area contributed by atoms with Gasteiger partial charge in [0.15, 0.2) is 0 Å². The number of carboxylic acids is 1. The number of ether oxygens (including phenoxy) is 1. The molecule has 1 fully saturated rings. The van der Waals surface area contributed by atoms with Crippen LogP contribution in [0.15, 0.2) is 34.1 Å². The number of hydrogen-bond acceptors (Lipinski definition) is 7. The van der Waals surface area contributed by atoms with Crippen LogP contribution in [0.5, 0.6) is 0 Å². The minimum absolute atomic E-state index is 0.0316. The molecule has 1 saturated heterocycles. The van der Waals surface area contributed by atoms with Crippen molar-refractivity contribution in [1.82, 2.24) is 14.4 Å². The van der Waals surface area contributed by atoms with Gasteiger partial charge in [0.25, 0.3) is 5.56 Å². The number of aliphatic carboxylic acids is 1. The number of fused-ring (bicyclic) bond motifs is 1. The van der Waals surface area contributed by atoms with Crippen molar-refractivity contribution in [3.05, 3.63) is 61.5 Å². The molecule has 180 valence electrons. The largest absolute Gasteiger partial charge is 0.478 e. The molecule has 0 aromatic carbocycles. The van der Waals surface area contributed by atoms with Gasteiger partial charge < -0.3 is 14.7 Å². The number of aromatic nitrogens is 3. The first-order chi connectivity index (χ1) is 16.1. The van der Waals surface area contributed by atoms with Crippen LogP contribution in [0.1, 0.15) is 49.5 Å². The van der Waals surface area contributed by atoms with Crippen molar-refractivity contribution in [3.63, 3.8) is 0 Å². The zero-order chi connectivity index (χ0) is 24.5. The van der Waals surface area contributed by atoms with E-state index in [0.29, 0.717) is 37.8 Å². The molecule has 3 aromatic heterocycles. The second-order valence-electron chi connectivity index (χ2n) is 9.53. The van der Waals surface area contributed by atoms with Gasteiger partial charge in [-0.2, -0.15) is 0 Å². The van der Waals surface area contributed by atoms with Crippen molar-refractivity contribution in [2.75, 3.05) is 31.2 Å². The van der Waals surface area contributed by atoms with Crippen LogP contribution in [-0.2, 0) is 27.8 Å². The summed E-state index contributed by atoms with van der Waals surface area (Å²) in [5, 5.41) is 12.6. The summed E-state index contributed by atoms with van der Waals surface area (Å²) in [6.07, 6.45) is 4.74. The van der Waals surface area contributed by atoms with Crippen LogP contribution in [0.4, 0.5) is 5.82 Å².